The fourth-order valence-electron chi connectivity index (χ4n) is 4.33. The first kappa shape index (κ1) is 12.9. The zero-order valence-corrected chi connectivity index (χ0v) is 11.9. The lowest BCUT2D eigenvalue weighted by molar-refractivity contribution is -0.0631. The third-order valence-electron chi connectivity index (χ3n) is 5.57. The second kappa shape index (κ2) is 5.50. The first-order valence-corrected chi connectivity index (χ1v) is 8.19. The van der Waals surface area contributed by atoms with E-state index in [1.165, 1.54) is 64.2 Å². The van der Waals surface area contributed by atoms with Gasteiger partial charge in [-0.2, -0.15) is 0 Å². The van der Waals surface area contributed by atoms with Crippen LogP contribution in [0.15, 0.2) is 0 Å². The monoisotopic (exact) mass is 251 g/mol. The molecule has 1 aliphatic heterocycles. The van der Waals surface area contributed by atoms with Crippen LogP contribution in [0, 0.1) is 5.92 Å². The molecule has 0 aromatic heterocycles. The van der Waals surface area contributed by atoms with Crippen LogP contribution in [-0.4, -0.2) is 24.3 Å². The van der Waals surface area contributed by atoms with Crippen LogP contribution in [0.25, 0.3) is 0 Å². The molecule has 0 bridgehead atoms. The minimum Gasteiger partial charge on any atom is -0.370 e. The molecule has 0 amide bonds. The first-order valence-electron chi connectivity index (χ1n) is 8.19. The normalized spacial score (nSPS) is 39.5. The van der Waals surface area contributed by atoms with Gasteiger partial charge >= 0.3 is 0 Å². The van der Waals surface area contributed by atoms with E-state index >= 15 is 0 Å². The Bertz CT molecular complexity index is 272. The lowest BCUT2D eigenvalue weighted by Crippen LogP contribution is -2.39. The van der Waals surface area contributed by atoms with Gasteiger partial charge in [0.15, 0.2) is 0 Å². The van der Waals surface area contributed by atoms with Gasteiger partial charge < -0.3 is 10.1 Å². The van der Waals surface area contributed by atoms with Crippen LogP contribution in [0.5, 0.6) is 0 Å². The smallest absolute Gasteiger partial charge is 0.0708 e. The van der Waals surface area contributed by atoms with Crippen molar-refractivity contribution in [3.8, 4) is 0 Å². The zero-order valence-electron chi connectivity index (χ0n) is 11.9. The average Bonchev–Trinajstić information content (AvgIpc) is 2.96. The predicted molar refractivity (Wildman–Crippen MR) is 74.7 cm³/mol. The number of hydrogen-bond acceptors (Lipinski definition) is 2. The maximum atomic E-state index is 6.42. The Labute approximate surface area is 112 Å². The minimum atomic E-state index is 0.298. The van der Waals surface area contributed by atoms with Crippen molar-refractivity contribution in [3.05, 3.63) is 0 Å². The number of rotatable bonds is 3. The van der Waals surface area contributed by atoms with Crippen LogP contribution < -0.4 is 5.32 Å². The van der Waals surface area contributed by atoms with E-state index in [-0.39, 0.29) is 0 Å². The molecule has 1 saturated heterocycles. The molecule has 1 heterocycles. The van der Waals surface area contributed by atoms with Crippen LogP contribution in [0.2, 0.25) is 0 Å². The third kappa shape index (κ3) is 2.75. The average molecular weight is 251 g/mol. The van der Waals surface area contributed by atoms with E-state index < -0.39 is 0 Å². The quantitative estimate of drug-likeness (QED) is 0.826. The van der Waals surface area contributed by atoms with Gasteiger partial charge in [-0.3, -0.25) is 0 Å². The lowest BCUT2D eigenvalue weighted by Gasteiger charge is -2.33. The van der Waals surface area contributed by atoms with Gasteiger partial charge in [0, 0.05) is 12.6 Å². The predicted octanol–water partition coefficient (Wildman–Crippen LogP) is 3.65. The summed E-state index contributed by atoms with van der Waals surface area (Å²) in [5.74, 6) is 0.870. The Hall–Kier alpha value is -0.0800. The summed E-state index contributed by atoms with van der Waals surface area (Å²) in [5, 5.41) is 3.77. The minimum absolute atomic E-state index is 0.298. The van der Waals surface area contributed by atoms with Gasteiger partial charge in [0.25, 0.3) is 0 Å². The molecule has 3 aliphatic rings. The van der Waals surface area contributed by atoms with E-state index in [4.69, 9.17) is 4.74 Å². The van der Waals surface area contributed by atoms with Gasteiger partial charge in [-0.15, -0.1) is 0 Å². The Morgan fingerprint density at radius 2 is 1.83 bits per heavy atom. The van der Waals surface area contributed by atoms with Crippen molar-refractivity contribution in [1.29, 1.82) is 0 Å². The fraction of sp³-hybridized carbons (Fsp3) is 1.00. The van der Waals surface area contributed by atoms with E-state index in [0.717, 1.165) is 18.5 Å². The number of ether oxygens (including phenoxy) is 1. The third-order valence-corrected chi connectivity index (χ3v) is 5.57. The highest BCUT2D eigenvalue weighted by Gasteiger charge is 2.40. The van der Waals surface area contributed by atoms with Gasteiger partial charge in [-0.1, -0.05) is 32.6 Å². The molecule has 3 fully saturated rings. The molecule has 1 spiro atoms. The van der Waals surface area contributed by atoms with E-state index in [2.05, 4.69) is 12.2 Å². The van der Waals surface area contributed by atoms with Gasteiger partial charge in [-0.25, -0.2) is 0 Å². The molecule has 2 nitrogen and oxygen atoms in total. The Kier molecular flexibility index (Phi) is 3.95. The standard InChI is InChI=1S/C16H29NO/c1-13-6-5-7-15(13)17-12-14-8-11-16(18-14)9-3-2-4-10-16/h13-15,17H,2-12H2,1H3. The summed E-state index contributed by atoms with van der Waals surface area (Å²) in [6.45, 7) is 3.49. The summed E-state index contributed by atoms with van der Waals surface area (Å²) in [5.41, 5.74) is 0.298. The molecule has 104 valence electrons. The van der Waals surface area contributed by atoms with Gasteiger partial charge in [-0.05, 0) is 44.4 Å². The molecule has 1 N–H and O–H groups in total. The van der Waals surface area contributed by atoms with E-state index in [0.29, 0.717) is 11.7 Å². The molecular formula is C16H29NO. The highest BCUT2D eigenvalue weighted by molar-refractivity contribution is 4.92. The zero-order chi connectivity index (χ0) is 12.4. The maximum Gasteiger partial charge on any atom is 0.0708 e. The van der Waals surface area contributed by atoms with Crippen LogP contribution in [0.1, 0.15) is 71.1 Å². The second-order valence-corrected chi connectivity index (χ2v) is 6.95. The first-order chi connectivity index (χ1) is 8.77. The molecular weight excluding hydrogens is 222 g/mol. The van der Waals surface area contributed by atoms with Gasteiger partial charge in [0.1, 0.15) is 0 Å². The highest BCUT2D eigenvalue weighted by Crippen LogP contribution is 2.41. The van der Waals surface area contributed by atoms with Crippen molar-refractivity contribution < 1.29 is 4.74 Å². The van der Waals surface area contributed by atoms with Crippen LogP contribution >= 0.6 is 0 Å². The maximum absolute atomic E-state index is 6.42. The SMILES string of the molecule is CC1CCCC1NCC1CCC2(CCCCC2)O1. The molecule has 2 saturated carbocycles. The lowest BCUT2D eigenvalue weighted by atomic mass is 9.83. The van der Waals surface area contributed by atoms with Gasteiger partial charge in [0.05, 0.1) is 11.7 Å². The van der Waals surface area contributed by atoms with Crippen molar-refractivity contribution in [3.63, 3.8) is 0 Å². The molecule has 3 rings (SSSR count). The molecule has 2 heteroatoms. The Morgan fingerprint density at radius 3 is 2.56 bits per heavy atom. The van der Waals surface area contributed by atoms with Crippen molar-refractivity contribution in [2.45, 2.75) is 88.9 Å². The number of hydrogen-bond donors (Lipinski definition) is 1. The molecule has 2 aliphatic carbocycles. The van der Waals surface area contributed by atoms with E-state index in [1.807, 2.05) is 0 Å². The Morgan fingerprint density at radius 1 is 1.00 bits per heavy atom. The van der Waals surface area contributed by atoms with Crippen LogP contribution in [0.3, 0.4) is 0 Å². The van der Waals surface area contributed by atoms with Crippen LogP contribution in [0.4, 0.5) is 0 Å². The summed E-state index contributed by atoms with van der Waals surface area (Å²) in [6, 6.07) is 0.761. The Balaban J connectivity index is 1.44. The van der Waals surface area contributed by atoms with Crippen molar-refractivity contribution in [1.82, 2.24) is 5.32 Å². The highest BCUT2D eigenvalue weighted by atomic mass is 16.5. The summed E-state index contributed by atoms with van der Waals surface area (Å²) in [4.78, 5) is 0. The summed E-state index contributed by atoms with van der Waals surface area (Å²) >= 11 is 0. The molecule has 3 unspecified atom stereocenters. The van der Waals surface area contributed by atoms with Gasteiger partial charge in [0.2, 0.25) is 0 Å². The van der Waals surface area contributed by atoms with Crippen LogP contribution in [-0.2, 0) is 4.74 Å². The number of nitrogens with one attached hydrogen (secondary N) is 1. The topological polar surface area (TPSA) is 21.3 Å². The van der Waals surface area contributed by atoms with E-state index in [9.17, 15) is 0 Å². The fourth-order valence-corrected chi connectivity index (χ4v) is 4.33. The van der Waals surface area contributed by atoms with Crippen molar-refractivity contribution in [2.24, 2.45) is 5.92 Å². The molecule has 0 aromatic rings. The second-order valence-electron chi connectivity index (χ2n) is 6.95. The molecule has 3 atom stereocenters. The molecule has 0 radical (unpaired) electrons. The summed E-state index contributed by atoms with van der Waals surface area (Å²) in [6.07, 6.45) is 14.1. The van der Waals surface area contributed by atoms with Crippen molar-refractivity contribution in [2.75, 3.05) is 6.54 Å². The largest absolute Gasteiger partial charge is 0.370 e. The van der Waals surface area contributed by atoms with E-state index in [1.54, 1.807) is 0 Å². The summed E-state index contributed by atoms with van der Waals surface area (Å²) < 4.78 is 6.42. The van der Waals surface area contributed by atoms with Crippen molar-refractivity contribution >= 4 is 0 Å². The molecule has 18 heavy (non-hydrogen) atoms. The summed E-state index contributed by atoms with van der Waals surface area (Å²) in [7, 11) is 0. The molecule has 0 aromatic carbocycles.